The molecule has 1 saturated heterocycles. The van der Waals surface area contributed by atoms with Crippen molar-refractivity contribution in [3.05, 3.63) is 18.0 Å². The van der Waals surface area contributed by atoms with Crippen molar-refractivity contribution in [2.45, 2.75) is 37.1 Å². The van der Waals surface area contributed by atoms with E-state index >= 15 is 0 Å². The first-order valence-corrected chi connectivity index (χ1v) is 9.25. The molecule has 2 heterocycles. The molecule has 0 N–H and O–H groups in total. The highest BCUT2D eigenvalue weighted by atomic mass is 35.5. The molecule has 0 radical (unpaired) electrons. The molecular formula is C14H23ClN2O3S. The highest BCUT2D eigenvalue weighted by Gasteiger charge is 2.26. The van der Waals surface area contributed by atoms with Crippen molar-refractivity contribution < 1.29 is 13.2 Å². The molecule has 1 aliphatic rings. The van der Waals surface area contributed by atoms with Crippen LogP contribution in [0.3, 0.4) is 0 Å². The van der Waals surface area contributed by atoms with E-state index in [1.807, 2.05) is 11.5 Å². The molecule has 0 amide bonds. The van der Waals surface area contributed by atoms with Crippen LogP contribution in [0.2, 0.25) is 0 Å². The monoisotopic (exact) mass is 334 g/mol. The van der Waals surface area contributed by atoms with Crippen LogP contribution >= 0.6 is 11.6 Å². The van der Waals surface area contributed by atoms with Crippen molar-refractivity contribution in [2.75, 3.05) is 26.8 Å². The smallest absolute Gasteiger partial charge is 0.244 e. The molecule has 1 aromatic heterocycles. The maximum absolute atomic E-state index is 12.6. The maximum atomic E-state index is 12.6. The van der Waals surface area contributed by atoms with E-state index in [4.69, 9.17) is 16.3 Å². The van der Waals surface area contributed by atoms with Gasteiger partial charge >= 0.3 is 0 Å². The van der Waals surface area contributed by atoms with E-state index in [1.54, 1.807) is 19.3 Å². The number of aromatic nitrogens is 1. The Hall–Kier alpha value is -0.560. The summed E-state index contributed by atoms with van der Waals surface area (Å²) in [5.41, 5.74) is 0.826. The zero-order chi connectivity index (χ0) is 15.5. The zero-order valence-corrected chi connectivity index (χ0v) is 14.2. The number of hydrogen-bond acceptors (Lipinski definition) is 3. The first kappa shape index (κ1) is 16.8. The Morgan fingerprint density at radius 2 is 2.29 bits per heavy atom. The summed E-state index contributed by atoms with van der Waals surface area (Å²) in [7, 11) is -1.83. The van der Waals surface area contributed by atoms with E-state index in [2.05, 4.69) is 0 Å². The molecule has 1 aromatic rings. The Labute approximate surface area is 131 Å². The standard InChI is InChI=1S/C14H23ClN2O3S/c1-3-17-10-14(7-13(17)8-15)21(18,19)16(2)9-12-5-4-6-20-11-12/h7,10,12H,3-6,8-9,11H2,1-2H3. The van der Waals surface area contributed by atoms with Crippen molar-refractivity contribution in [3.63, 3.8) is 0 Å². The lowest BCUT2D eigenvalue weighted by atomic mass is 10.0. The average molecular weight is 335 g/mol. The molecule has 7 heteroatoms. The lowest BCUT2D eigenvalue weighted by Gasteiger charge is -2.26. The molecule has 1 unspecified atom stereocenters. The zero-order valence-electron chi connectivity index (χ0n) is 12.6. The molecule has 0 spiro atoms. The van der Waals surface area contributed by atoms with E-state index in [0.29, 0.717) is 30.5 Å². The number of alkyl halides is 1. The third kappa shape index (κ3) is 3.80. The number of rotatable bonds is 6. The number of halogens is 1. The number of aryl methyl sites for hydroxylation is 1. The van der Waals surface area contributed by atoms with E-state index < -0.39 is 10.0 Å². The van der Waals surface area contributed by atoms with Crippen LogP contribution in [0.5, 0.6) is 0 Å². The predicted octanol–water partition coefficient (Wildman–Crippen LogP) is 2.29. The van der Waals surface area contributed by atoms with Gasteiger partial charge < -0.3 is 9.30 Å². The van der Waals surface area contributed by atoms with Gasteiger partial charge in [0.05, 0.1) is 12.5 Å². The molecule has 120 valence electrons. The van der Waals surface area contributed by atoms with Crippen LogP contribution in [0.4, 0.5) is 0 Å². The third-order valence-electron chi connectivity index (χ3n) is 3.92. The largest absolute Gasteiger partial charge is 0.381 e. The summed E-state index contributed by atoms with van der Waals surface area (Å²) in [5.74, 6) is 0.586. The molecule has 2 rings (SSSR count). The van der Waals surface area contributed by atoms with Crippen LogP contribution in [0.1, 0.15) is 25.5 Å². The number of hydrogen-bond donors (Lipinski definition) is 0. The van der Waals surface area contributed by atoms with Crippen LogP contribution < -0.4 is 0 Å². The average Bonchev–Trinajstić information content (AvgIpc) is 2.92. The van der Waals surface area contributed by atoms with Gasteiger partial charge in [-0.3, -0.25) is 0 Å². The predicted molar refractivity (Wildman–Crippen MR) is 83.0 cm³/mol. The minimum atomic E-state index is -3.46. The maximum Gasteiger partial charge on any atom is 0.244 e. The first-order chi connectivity index (χ1) is 9.98. The highest BCUT2D eigenvalue weighted by molar-refractivity contribution is 7.89. The van der Waals surface area contributed by atoms with Crippen LogP contribution in [0.15, 0.2) is 17.2 Å². The van der Waals surface area contributed by atoms with Crippen molar-refractivity contribution >= 4 is 21.6 Å². The van der Waals surface area contributed by atoms with Gasteiger partial charge in [-0.15, -0.1) is 11.6 Å². The van der Waals surface area contributed by atoms with Crippen molar-refractivity contribution in [1.82, 2.24) is 8.87 Å². The van der Waals surface area contributed by atoms with E-state index in [-0.39, 0.29) is 5.92 Å². The van der Waals surface area contributed by atoms with E-state index in [1.165, 1.54) is 4.31 Å². The van der Waals surface area contributed by atoms with Crippen molar-refractivity contribution in [2.24, 2.45) is 5.92 Å². The fourth-order valence-corrected chi connectivity index (χ4v) is 4.21. The normalized spacial score (nSPS) is 20.1. The second-order valence-electron chi connectivity index (χ2n) is 5.46. The minimum Gasteiger partial charge on any atom is -0.381 e. The van der Waals surface area contributed by atoms with Crippen LogP contribution in [-0.2, 0) is 27.2 Å². The molecule has 1 aliphatic heterocycles. The second kappa shape index (κ2) is 7.13. The second-order valence-corrected chi connectivity index (χ2v) is 7.77. The Morgan fingerprint density at radius 1 is 1.52 bits per heavy atom. The van der Waals surface area contributed by atoms with Gasteiger partial charge in [0.25, 0.3) is 0 Å². The van der Waals surface area contributed by atoms with Gasteiger partial charge in [0.2, 0.25) is 10.0 Å². The first-order valence-electron chi connectivity index (χ1n) is 7.28. The summed E-state index contributed by atoms with van der Waals surface area (Å²) in [6, 6.07) is 1.67. The van der Waals surface area contributed by atoms with Crippen LogP contribution in [0, 0.1) is 5.92 Å². The summed E-state index contributed by atoms with van der Waals surface area (Å²) in [5, 5.41) is 0. The SMILES string of the molecule is CCn1cc(S(=O)(=O)N(C)CC2CCCOC2)cc1CCl. The summed E-state index contributed by atoms with van der Waals surface area (Å²) in [6.45, 7) is 4.59. The number of sulfonamides is 1. The molecule has 0 bridgehead atoms. The van der Waals surface area contributed by atoms with Gasteiger partial charge in [-0.25, -0.2) is 12.7 Å². The molecule has 1 atom stereocenters. The Morgan fingerprint density at radius 3 is 2.81 bits per heavy atom. The van der Waals surface area contributed by atoms with Gasteiger partial charge in [0.15, 0.2) is 0 Å². The third-order valence-corrected chi connectivity index (χ3v) is 5.98. The van der Waals surface area contributed by atoms with Crippen molar-refractivity contribution in [3.8, 4) is 0 Å². The van der Waals surface area contributed by atoms with E-state index in [0.717, 1.165) is 25.1 Å². The summed E-state index contributed by atoms with van der Waals surface area (Å²) in [6.07, 6.45) is 3.69. The summed E-state index contributed by atoms with van der Waals surface area (Å²) in [4.78, 5) is 0.319. The molecule has 0 aromatic carbocycles. The molecule has 1 fully saturated rings. The fraction of sp³-hybridized carbons (Fsp3) is 0.714. The van der Waals surface area contributed by atoms with E-state index in [9.17, 15) is 8.42 Å². The van der Waals surface area contributed by atoms with Crippen molar-refractivity contribution in [1.29, 1.82) is 0 Å². The van der Waals surface area contributed by atoms with Gasteiger partial charge in [-0.05, 0) is 31.7 Å². The molecular weight excluding hydrogens is 312 g/mol. The quantitative estimate of drug-likeness (QED) is 0.750. The van der Waals surface area contributed by atoms with Gasteiger partial charge in [0, 0.05) is 38.6 Å². The summed E-state index contributed by atoms with van der Waals surface area (Å²) >= 11 is 5.86. The minimum absolute atomic E-state index is 0.277. The van der Waals surface area contributed by atoms with Gasteiger partial charge in [0.1, 0.15) is 4.90 Å². The van der Waals surface area contributed by atoms with Crippen LogP contribution in [0.25, 0.3) is 0 Å². The Bertz CT molecular complexity index is 543. The lowest BCUT2D eigenvalue weighted by Crippen LogP contribution is -2.35. The van der Waals surface area contributed by atoms with Gasteiger partial charge in [-0.2, -0.15) is 0 Å². The Balaban J connectivity index is 2.14. The number of nitrogens with zero attached hydrogens (tertiary/aromatic N) is 2. The Kier molecular flexibility index (Phi) is 5.71. The fourth-order valence-electron chi connectivity index (χ4n) is 2.66. The number of ether oxygens (including phenoxy) is 1. The highest BCUT2D eigenvalue weighted by Crippen LogP contribution is 2.22. The molecule has 0 aliphatic carbocycles. The molecule has 0 saturated carbocycles. The lowest BCUT2D eigenvalue weighted by molar-refractivity contribution is 0.0495. The van der Waals surface area contributed by atoms with Gasteiger partial charge in [-0.1, -0.05) is 0 Å². The summed E-state index contributed by atoms with van der Waals surface area (Å²) < 4.78 is 34.0. The molecule has 5 nitrogen and oxygen atoms in total. The molecule has 21 heavy (non-hydrogen) atoms. The topological polar surface area (TPSA) is 51.5 Å². The van der Waals surface area contributed by atoms with Crippen LogP contribution in [-0.4, -0.2) is 44.1 Å².